The molecule has 13 heteroatoms. The maximum absolute atomic E-state index is 5.28. The predicted molar refractivity (Wildman–Crippen MR) is 495 cm³/mol. The zero-order chi connectivity index (χ0) is 81.3. The lowest BCUT2D eigenvalue weighted by molar-refractivity contribution is 0.935. The summed E-state index contributed by atoms with van der Waals surface area (Å²) in [5, 5.41) is 3.52. The van der Waals surface area contributed by atoms with Gasteiger partial charge in [-0.25, -0.2) is 24.9 Å². The minimum Gasteiger partial charge on any atom is -0.276 e. The molecule has 0 radical (unpaired) electrons. The molecule has 0 saturated carbocycles. The number of aromatic nitrogens is 13. The van der Waals surface area contributed by atoms with Crippen molar-refractivity contribution in [1.29, 1.82) is 0 Å². The van der Waals surface area contributed by atoms with Crippen molar-refractivity contribution in [2.75, 3.05) is 0 Å². The van der Waals surface area contributed by atoms with Gasteiger partial charge in [-0.15, -0.1) is 0 Å². The van der Waals surface area contributed by atoms with Crippen molar-refractivity contribution in [3.05, 3.63) is 419 Å². The van der Waals surface area contributed by atoms with Crippen molar-refractivity contribution in [2.45, 2.75) is 0 Å². The highest BCUT2D eigenvalue weighted by Crippen LogP contribution is 2.57. The van der Waals surface area contributed by atoms with E-state index in [4.69, 9.17) is 39.9 Å². The molecule has 9 aromatic heterocycles. The van der Waals surface area contributed by atoms with Crippen LogP contribution in [0, 0.1) is 0 Å². The van der Waals surface area contributed by atoms with Crippen LogP contribution in [-0.4, -0.2) is 63.5 Å². The highest BCUT2D eigenvalue weighted by molar-refractivity contribution is 6.21. The van der Waals surface area contributed by atoms with Crippen LogP contribution in [0.1, 0.15) is 0 Å². The van der Waals surface area contributed by atoms with Gasteiger partial charge in [-0.2, -0.15) is 9.97 Å². The summed E-state index contributed by atoms with van der Waals surface area (Å²) in [6.45, 7) is 0. The Labute approximate surface area is 708 Å². The molecule has 0 saturated heterocycles. The molecular formula is C110H69N13. The van der Waals surface area contributed by atoms with Crippen LogP contribution in [0.15, 0.2) is 419 Å². The van der Waals surface area contributed by atoms with Gasteiger partial charge in [0.1, 0.15) is 0 Å². The molecule has 13 nitrogen and oxygen atoms in total. The van der Waals surface area contributed by atoms with Crippen LogP contribution in [0.3, 0.4) is 0 Å². The van der Waals surface area contributed by atoms with E-state index in [-0.39, 0.29) is 0 Å². The lowest BCUT2D eigenvalue weighted by Gasteiger charge is -2.16. The quantitative estimate of drug-likeness (QED) is 0.130. The fraction of sp³-hybridized carbons (Fsp3) is 0. The maximum Gasteiger partial charge on any atom is 0.238 e. The van der Waals surface area contributed by atoms with Crippen molar-refractivity contribution in [1.82, 2.24) is 63.5 Å². The first-order valence-electron chi connectivity index (χ1n) is 41.1. The number of rotatable bonds is 10. The van der Waals surface area contributed by atoms with E-state index in [1.807, 2.05) is 134 Å². The lowest BCUT2D eigenvalue weighted by Crippen LogP contribution is -2.08. The summed E-state index contributed by atoms with van der Waals surface area (Å²) in [6, 6.07) is 135. The van der Waals surface area contributed by atoms with E-state index in [1.54, 1.807) is 12.4 Å². The normalized spacial score (nSPS) is 11.6. The number of nitrogens with zero attached hydrogens (tertiary/aromatic N) is 13. The second kappa shape index (κ2) is 30.2. The van der Waals surface area contributed by atoms with Crippen molar-refractivity contribution < 1.29 is 0 Å². The second-order valence-electron chi connectivity index (χ2n) is 30.4. The van der Waals surface area contributed by atoms with Crippen molar-refractivity contribution in [3.63, 3.8) is 0 Å². The van der Waals surface area contributed by atoms with Gasteiger partial charge in [0.05, 0.1) is 62.1 Å². The molecular weight excluding hydrogens is 1500 g/mol. The summed E-state index contributed by atoms with van der Waals surface area (Å²) in [7, 11) is 0. The fourth-order valence-electron chi connectivity index (χ4n) is 18.4. The van der Waals surface area contributed by atoms with Crippen LogP contribution in [0.4, 0.5) is 0 Å². The third-order valence-corrected chi connectivity index (χ3v) is 23.5. The van der Waals surface area contributed by atoms with E-state index in [1.165, 1.54) is 94.2 Å². The number of hydrogen-bond donors (Lipinski definition) is 0. The summed E-state index contributed by atoms with van der Waals surface area (Å²) < 4.78 is 6.56. The van der Waals surface area contributed by atoms with Crippen LogP contribution >= 0.6 is 0 Å². The Morgan fingerprint density at radius 2 is 0.415 bits per heavy atom. The van der Waals surface area contributed by atoms with E-state index in [2.05, 4.69) is 297 Å². The molecule has 0 unspecified atom stereocenters. The van der Waals surface area contributed by atoms with Crippen LogP contribution < -0.4 is 0 Å². The first-order chi connectivity index (χ1) is 61.1. The molecule has 0 atom stereocenters. The van der Waals surface area contributed by atoms with E-state index < -0.39 is 0 Å². The Kier molecular flexibility index (Phi) is 17.6. The molecule has 0 bridgehead atoms. The Balaban J connectivity index is 0.000000108. The van der Waals surface area contributed by atoms with Gasteiger partial charge in [0.2, 0.25) is 17.8 Å². The molecule has 123 heavy (non-hydrogen) atoms. The second-order valence-corrected chi connectivity index (χ2v) is 30.4. The topological polar surface area (TPSA) is 144 Å². The molecule has 0 aliphatic heterocycles. The molecule has 3 aliphatic carbocycles. The summed E-state index contributed by atoms with van der Waals surface area (Å²) in [4.78, 5) is 49.7. The number of pyridine rings is 3. The zero-order valence-electron chi connectivity index (χ0n) is 66.2. The SMILES string of the molecule is c1ccc(-c2c3c4c(cccc4n2-c2ncccn2)-c2ccccc2-c2ccccc2-3)nc1.c1ccc(-c2cc(-c3ccccc3)nc(-n3c(-c4ccccn4)c4c5c(cccc53)-c3ccccc3-c3ccccc3-4)n2)cc1.c1ccc(-c2nc(-c3ccccc3)nc(-n3c(-c4ccccn4)c4c5c(cccc53)-c3ccccc3-c3ccccc3-4)n2)cc1. The van der Waals surface area contributed by atoms with Crippen LogP contribution in [0.25, 0.3) is 230 Å². The molecule has 0 N–H and O–H groups in total. The molecule has 0 spiro atoms. The Bertz CT molecular complexity index is 7380. The standard InChI is InChI=1S/C41H26N4.C40H25N5.C29H18N4/c1-3-14-27(15-4-1)35-26-36(28-16-5-2-6-17-28)44-41(43-35)45-37-24-13-22-32-30-19-8-7-18-29(30)31-20-9-10-21-33(31)39(38(32)37)40(45)34-23-11-12-25-42-34;1-3-14-26(15-4-1)38-42-39(27-16-5-2-6-17-27)44-40(43-38)45-34-24-13-22-31-29-19-8-7-18-28(29)30-20-9-10-21-32(30)36(35(31)34)37(45)33-23-11-12-25-41-33;1-2-10-20-19(9-1)21-11-3-4-12-23(21)27-26-22(20)13-7-15-25(26)33(29-31-17-8-18-32-29)28(27)24-14-5-6-16-30-24/h1-26H;1-25H;1-18H. The van der Waals surface area contributed by atoms with Gasteiger partial charge in [-0.3, -0.25) is 28.7 Å². The van der Waals surface area contributed by atoms with Gasteiger partial charge in [-0.1, -0.05) is 322 Å². The summed E-state index contributed by atoms with van der Waals surface area (Å²) in [5.74, 6) is 3.02. The van der Waals surface area contributed by atoms with Crippen molar-refractivity contribution in [2.24, 2.45) is 0 Å². The molecule has 0 amide bonds. The Morgan fingerprint density at radius 3 is 0.732 bits per heavy atom. The van der Waals surface area contributed by atoms with E-state index in [9.17, 15) is 0 Å². The highest BCUT2D eigenvalue weighted by Gasteiger charge is 2.35. The van der Waals surface area contributed by atoms with Crippen LogP contribution in [0.2, 0.25) is 0 Å². The molecule has 3 aliphatic rings. The largest absolute Gasteiger partial charge is 0.276 e. The lowest BCUT2D eigenvalue weighted by atomic mass is 9.93. The maximum atomic E-state index is 5.28. The van der Waals surface area contributed by atoms with Gasteiger partial charge >= 0.3 is 0 Å². The zero-order valence-corrected chi connectivity index (χ0v) is 66.2. The average molecular weight is 1570 g/mol. The fourth-order valence-corrected chi connectivity index (χ4v) is 18.4. The minimum absolute atomic E-state index is 0.545. The molecule has 13 aromatic carbocycles. The number of benzene rings is 13. The number of fused-ring (bicyclic) bond motifs is 15. The van der Waals surface area contributed by atoms with Gasteiger partial charge in [0.15, 0.2) is 11.6 Å². The molecule has 574 valence electrons. The summed E-state index contributed by atoms with van der Waals surface area (Å²) in [5.41, 5.74) is 35.7. The van der Waals surface area contributed by atoms with Crippen molar-refractivity contribution in [3.8, 4) is 197 Å². The smallest absolute Gasteiger partial charge is 0.238 e. The van der Waals surface area contributed by atoms with Gasteiger partial charge in [0.25, 0.3) is 0 Å². The summed E-state index contributed by atoms with van der Waals surface area (Å²) >= 11 is 0. The highest BCUT2D eigenvalue weighted by atomic mass is 15.2. The molecule has 25 rings (SSSR count). The van der Waals surface area contributed by atoms with Crippen LogP contribution in [0.5, 0.6) is 0 Å². The third kappa shape index (κ3) is 12.2. The van der Waals surface area contributed by atoms with Crippen LogP contribution in [-0.2, 0) is 0 Å². The molecule has 9 heterocycles. The third-order valence-electron chi connectivity index (χ3n) is 23.5. The average Bonchev–Trinajstić information content (AvgIpc) is 1.57. The minimum atomic E-state index is 0.545. The number of hydrogen-bond acceptors (Lipinski definition) is 10. The van der Waals surface area contributed by atoms with Gasteiger partial charge in [0, 0.05) is 86.1 Å². The molecule has 22 aromatic rings. The van der Waals surface area contributed by atoms with Gasteiger partial charge < -0.3 is 0 Å². The summed E-state index contributed by atoms with van der Waals surface area (Å²) in [6.07, 6.45) is 9.12. The van der Waals surface area contributed by atoms with Gasteiger partial charge in [-0.05, 0) is 150 Å². The Hall–Kier alpha value is -16.9. The van der Waals surface area contributed by atoms with Crippen molar-refractivity contribution >= 4 is 32.7 Å². The Morgan fingerprint density at radius 1 is 0.163 bits per heavy atom. The molecule has 0 fully saturated rings. The predicted octanol–water partition coefficient (Wildman–Crippen LogP) is 26.5. The monoisotopic (exact) mass is 1570 g/mol. The first kappa shape index (κ1) is 71.4. The van der Waals surface area contributed by atoms with E-state index in [0.29, 0.717) is 29.5 Å². The van der Waals surface area contributed by atoms with E-state index >= 15 is 0 Å². The van der Waals surface area contributed by atoms with E-state index in [0.717, 1.165) is 106 Å². The first-order valence-corrected chi connectivity index (χ1v) is 41.1.